The zero-order chi connectivity index (χ0) is 10.1. The molecule has 0 heterocycles. The Morgan fingerprint density at radius 3 is 2.69 bits per heavy atom. The first-order chi connectivity index (χ1) is 6.16. The molecule has 0 aliphatic heterocycles. The predicted molar refractivity (Wildman–Crippen MR) is 51.5 cm³/mol. The van der Waals surface area contributed by atoms with E-state index in [0.717, 1.165) is 31.8 Å². The molecular weight excluding hydrogens is 168 g/mol. The molecule has 0 saturated heterocycles. The van der Waals surface area contributed by atoms with Gasteiger partial charge in [0.2, 0.25) is 0 Å². The Morgan fingerprint density at radius 1 is 1.46 bits per heavy atom. The molecule has 0 aromatic heterocycles. The van der Waals surface area contributed by atoms with Crippen LogP contribution in [-0.4, -0.2) is 22.3 Å². The topological polar surface area (TPSA) is 57.5 Å². The molecule has 13 heavy (non-hydrogen) atoms. The van der Waals surface area contributed by atoms with Crippen molar-refractivity contribution in [2.75, 3.05) is 0 Å². The number of carboxylic acids is 1. The smallest absolute Gasteiger partial charge is 0.327 e. The molecule has 3 nitrogen and oxygen atoms in total. The molecule has 0 radical (unpaired) electrons. The molecular formula is C10H18O3. The summed E-state index contributed by atoms with van der Waals surface area (Å²) in [6.07, 6.45) is 6.66. The first-order valence-electron chi connectivity index (χ1n) is 4.74. The number of aliphatic hydroxyl groups excluding tert-OH is 1. The zero-order valence-corrected chi connectivity index (χ0v) is 8.07. The summed E-state index contributed by atoms with van der Waals surface area (Å²) in [6.45, 7) is 2.11. The van der Waals surface area contributed by atoms with E-state index in [1.165, 1.54) is 6.08 Å². The summed E-state index contributed by atoms with van der Waals surface area (Å²) in [6, 6.07) is 0. The third-order valence-corrected chi connectivity index (χ3v) is 1.81. The Bertz CT molecular complexity index is 164. The van der Waals surface area contributed by atoms with Crippen molar-refractivity contribution in [2.24, 2.45) is 0 Å². The predicted octanol–water partition coefficient (Wildman–Crippen LogP) is 1.96. The maximum Gasteiger partial charge on any atom is 0.327 e. The fraction of sp³-hybridized carbons (Fsp3) is 0.700. The van der Waals surface area contributed by atoms with Gasteiger partial charge in [-0.3, -0.25) is 0 Å². The van der Waals surface area contributed by atoms with Crippen LogP contribution in [0.25, 0.3) is 0 Å². The third kappa shape index (κ3) is 9.08. The number of unbranched alkanes of at least 4 members (excludes halogenated alkanes) is 2. The summed E-state index contributed by atoms with van der Waals surface area (Å²) < 4.78 is 0. The van der Waals surface area contributed by atoms with E-state index in [4.69, 9.17) is 5.11 Å². The number of rotatable bonds is 7. The number of hydrogen-bond donors (Lipinski definition) is 2. The molecule has 1 unspecified atom stereocenters. The van der Waals surface area contributed by atoms with Gasteiger partial charge in [0.15, 0.2) is 0 Å². The molecule has 76 valence electrons. The van der Waals surface area contributed by atoms with Gasteiger partial charge in [-0.15, -0.1) is 0 Å². The van der Waals surface area contributed by atoms with Gasteiger partial charge in [-0.2, -0.15) is 0 Å². The van der Waals surface area contributed by atoms with Gasteiger partial charge in [0.05, 0.1) is 6.10 Å². The van der Waals surface area contributed by atoms with Crippen LogP contribution in [0.1, 0.15) is 39.0 Å². The van der Waals surface area contributed by atoms with Gasteiger partial charge in [0.1, 0.15) is 0 Å². The van der Waals surface area contributed by atoms with Crippen molar-refractivity contribution >= 4 is 5.97 Å². The summed E-state index contributed by atoms with van der Waals surface area (Å²) >= 11 is 0. The second-order valence-corrected chi connectivity index (χ2v) is 3.13. The number of hydrogen-bond acceptors (Lipinski definition) is 2. The van der Waals surface area contributed by atoms with Crippen LogP contribution >= 0.6 is 0 Å². The number of aliphatic carboxylic acids is 1. The average molecular weight is 186 g/mol. The Labute approximate surface area is 79.1 Å². The van der Waals surface area contributed by atoms with Crippen molar-refractivity contribution in [3.8, 4) is 0 Å². The lowest BCUT2D eigenvalue weighted by atomic mass is 10.1. The molecule has 2 N–H and O–H groups in total. The molecule has 0 aromatic carbocycles. The lowest BCUT2D eigenvalue weighted by Crippen LogP contribution is -2.04. The van der Waals surface area contributed by atoms with Gasteiger partial charge in [0.25, 0.3) is 0 Å². The molecule has 0 aromatic rings. The maximum absolute atomic E-state index is 10.1. The molecule has 0 aliphatic rings. The van der Waals surface area contributed by atoms with Gasteiger partial charge in [-0.1, -0.05) is 32.3 Å². The minimum atomic E-state index is -0.958. The van der Waals surface area contributed by atoms with E-state index in [2.05, 4.69) is 6.92 Å². The van der Waals surface area contributed by atoms with E-state index in [9.17, 15) is 9.90 Å². The molecule has 0 aliphatic carbocycles. The van der Waals surface area contributed by atoms with Gasteiger partial charge in [-0.25, -0.2) is 4.79 Å². The monoisotopic (exact) mass is 186 g/mol. The molecule has 1 atom stereocenters. The normalized spacial score (nSPS) is 13.4. The highest BCUT2D eigenvalue weighted by Gasteiger charge is 2.00. The maximum atomic E-state index is 10.1. The van der Waals surface area contributed by atoms with Crippen LogP contribution < -0.4 is 0 Å². The van der Waals surface area contributed by atoms with Crippen LogP contribution in [0.2, 0.25) is 0 Å². The van der Waals surface area contributed by atoms with E-state index in [1.54, 1.807) is 0 Å². The van der Waals surface area contributed by atoms with Gasteiger partial charge in [0, 0.05) is 6.08 Å². The first-order valence-corrected chi connectivity index (χ1v) is 4.74. The Morgan fingerprint density at radius 2 is 2.15 bits per heavy atom. The highest BCUT2D eigenvalue weighted by atomic mass is 16.4. The van der Waals surface area contributed by atoms with Gasteiger partial charge in [-0.05, 0) is 12.8 Å². The summed E-state index contributed by atoms with van der Waals surface area (Å²) in [5.74, 6) is -0.958. The number of carbonyl (C=O) groups is 1. The van der Waals surface area contributed by atoms with Crippen LogP contribution in [0.5, 0.6) is 0 Å². The fourth-order valence-corrected chi connectivity index (χ4v) is 1.07. The van der Waals surface area contributed by atoms with E-state index in [0.29, 0.717) is 6.42 Å². The van der Waals surface area contributed by atoms with E-state index in [1.807, 2.05) is 0 Å². The minimum Gasteiger partial charge on any atom is -0.478 e. The second kappa shape index (κ2) is 7.80. The van der Waals surface area contributed by atoms with Gasteiger partial charge < -0.3 is 10.2 Å². The van der Waals surface area contributed by atoms with E-state index < -0.39 is 5.97 Å². The van der Waals surface area contributed by atoms with Crippen molar-refractivity contribution in [3.05, 3.63) is 12.2 Å². The van der Waals surface area contributed by atoms with Crippen LogP contribution in [0.4, 0.5) is 0 Å². The second-order valence-electron chi connectivity index (χ2n) is 3.13. The van der Waals surface area contributed by atoms with Crippen LogP contribution in [0, 0.1) is 0 Å². The van der Waals surface area contributed by atoms with Crippen LogP contribution in [-0.2, 0) is 4.79 Å². The Balaban J connectivity index is 3.39. The summed E-state index contributed by atoms with van der Waals surface area (Å²) in [7, 11) is 0. The molecule has 0 fully saturated rings. The highest BCUT2D eigenvalue weighted by Crippen LogP contribution is 2.06. The van der Waals surface area contributed by atoms with Crippen molar-refractivity contribution < 1.29 is 15.0 Å². The standard InChI is InChI=1S/C10H18O3/c1-2-3-4-6-9(11)7-5-8-10(12)13/h5,8-9,11H,2-4,6-7H2,1H3,(H,12,13)/b8-5+. The summed E-state index contributed by atoms with van der Waals surface area (Å²) in [5.41, 5.74) is 0. The van der Waals surface area contributed by atoms with E-state index in [-0.39, 0.29) is 6.10 Å². The first kappa shape index (κ1) is 12.2. The quantitative estimate of drug-likeness (QED) is 0.472. The lowest BCUT2D eigenvalue weighted by Gasteiger charge is -2.05. The SMILES string of the molecule is CCCCCC(O)C/C=C/C(=O)O. The molecule has 0 amide bonds. The van der Waals surface area contributed by atoms with Crippen molar-refractivity contribution in [3.63, 3.8) is 0 Å². The largest absolute Gasteiger partial charge is 0.478 e. The molecule has 0 bridgehead atoms. The average Bonchev–Trinajstić information content (AvgIpc) is 2.04. The molecule has 0 rings (SSSR count). The summed E-state index contributed by atoms with van der Waals surface area (Å²) in [5, 5.41) is 17.6. The Kier molecular flexibility index (Phi) is 7.30. The fourth-order valence-electron chi connectivity index (χ4n) is 1.07. The summed E-state index contributed by atoms with van der Waals surface area (Å²) in [4.78, 5) is 10.1. The highest BCUT2D eigenvalue weighted by molar-refractivity contribution is 5.79. The van der Waals surface area contributed by atoms with E-state index >= 15 is 0 Å². The van der Waals surface area contributed by atoms with Crippen LogP contribution in [0.3, 0.4) is 0 Å². The van der Waals surface area contributed by atoms with Crippen molar-refractivity contribution in [1.82, 2.24) is 0 Å². The van der Waals surface area contributed by atoms with Gasteiger partial charge >= 0.3 is 5.97 Å². The van der Waals surface area contributed by atoms with Crippen LogP contribution in [0.15, 0.2) is 12.2 Å². The van der Waals surface area contributed by atoms with Crippen molar-refractivity contribution in [1.29, 1.82) is 0 Å². The lowest BCUT2D eigenvalue weighted by molar-refractivity contribution is -0.131. The minimum absolute atomic E-state index is 0.387. The molecule has 0 spiro atoms. The van der Waals surface area contributed by atoms with Crippen molar-refractivity contribution in [2.45, 2.75) is 45.1 Å². The Hall–Kier alpha value is -0.830. The number of aliphatic hydroxyl groups is 1. The zero-order valence-electron chi connectivity index (χ0n) is 8.07. The number of carboxylic acid groups (broad SMARTS) is 1. The molecule has 3 heteroatoms. The molecule has 0 saturated carbocycles. The third-order valence-electron chi connectivity index (χ3n) is 1.81.